The SMILES string of the molecule is CC(C)[C@@H](C(=O)N(C)C(CC(=O)OC(c1ccccc1)(c1ccc(C2CCCCCC2)cc1)c1ccccc1Cl)C(=O)N1CCCCC1)N(C)C(=O)OCC1c2ccccc2-c2ccccc21. The zero-order chi connectivity index (χ0) is 47.1. The van der Waals surface area contributed by atoms with Crippen molar-refractivity contribution in [3.8, 4) is 11.1 Å². The highest BCUT2D eigenvalue weighted by molar-refractivity contribution is 6.31. The van der Waals surface area contributed by atoms with Gasteiger partial charge in [-0.25, -0.2) is 4.79 Å². The van der Waals surface area contributed by atoms with Gasteiger partial charge in [0, 0.05) is 54.8 Å². The Hall–Kier alpha value is -5.93. The summed E-state index contributed by atoms with van der Waals surface area (Å²) < 4.78 is 12.9. The molecule has 3 atom stereocenters. The molecule has 0 aromatic heterocycles. The Balaban J connectivity index is 1.09. The maximum atomic E-state index is 15.0. The first-order valence-electron chi connectivity index (χ1n) is 24.3. The molecule has 0 radical (unpaired) electrons. The Kier molecular flexibility index (Phi) is 15.2. The van der Waals surface area contributed by atoms with Gasteiger partial charge in [-0.3, -0.25) is 19.3 Å². The summed E-state index contributed by atoms with van der Waals surface area (Å²) in [6.07, 6.45) is 8.73. The van der Waals surface area contributed by atoms with Gasteiger partial charge in [0.2, 0.25) is 11.8 Å². The highest BCUT2D eigenvalue weighted by Crippen LogP contribution is 2.46. The second-order valence-corrected chi connectivity index (χ2v) is 19.4. The highest BCUT2D eigenvalue weighted by Gasteiger charge is 2.45. The number of rotatable bonds is 14. The van der Waals surface area contributed by atoms with Crippen LogP contribution in [-0.4, -0.2) is 84.5 Å². The number of halogens is 1. The van der Waals surface area contributed by atoms with Gasteiger partial charge in [0.25, 0.3) is 0 Å². The molecule has 1 aliphatic heterocycles. The number of likely N-dealkylation sites (tertiary alicyclic amines) is 1. The number of esters is 1. The van der Waals surface area contributed by atoms with E-state index in [0.717, 1.165) is 54.4 Å². The number of amides is 3. The molecular weight excluding hydrogens is 858 g/mol. The van der Waals surface area contributed by atoms with Gasteiger partial charge in [-0.2, -0.15) is 0 Å². The molecule has 3 aliphatic rings. The zero-order valence-electron chi connectivity index (χ0n) is 39.4. The van der Waals surface area contributed by atoms with Crippen LogP contribution in [0, 0.1) is 5.92 Å². The molecule has 5 aromatic carbocycles. The fourth-order valence-electron chi connectivity index (χ4n) is 10.8. The van der Waals surface area contributed by atoms with Crippen LogP contribution < -0.4 is 0 Å². The van der Waals surface area contributed by atoms with Crippen LogP contribution >= 0.6 is 11.6 Å². The molecule has 1 saturated carbocycles. The lowest BCUT2D eigenvalue weighted by molar-refractivity contribution is -0.160. The second-order valence-electron chi connectivity index (χ2n) is 19.0. The summed E-state index contributed by atoms with van der Waals surface area (Å²) in [5.41, 5.74) is 6.12. The molecule has 1 heterocycles. The summed E-state index contributed by atoms with van der Waals surface area (Å²) in [4.78, 5) is 63.2. The van der Waals surface area contributed by atoms with Gasteiger partial charge in [0.05, 0.1) is 6.42 Å². The molecule has 0 spiro atoms. The Morgan fingerprint density at radius 1 is 0.672 bits per heavy atom. The monoisotopic (exact) mass is 921 g/mol. The van der Waals surface area contributed by atoms with E-state index >= 15 is 4.79 Å². The van der Waals surface area contributed by atoms with Crippen LogP contribution in [-0.2, 0) is 29.5 Å². The van der Waals surface area contributed by atoms with Gasteiger partial charge in [-0.1, -0.05) is 172 Å². The average molecular weight is 923 g/mol. The minimum Gasteiger partial charge on any atom is -0.448 e. The van der Waals surface area contributed by atoms with Crippen molar-refractivity contribution in [3.63, 3.8) is 0 Å². The topological polar surface area (TPSA) is 96.5 Å². The van der Waals surface area contributed by atoms with Crippen molar-refractivity contribution in [2.75, 3.05) is 33.8 Å². The van der Waals surface area contributed by atoms with Gasteiger partial charge in [0.15, 0.2) is 5.60 Å². The lowest BCUT2D eigenvalue weighted by atomic mass is 9.79. The zero-order valence-corrected chi connectivity index (χ0v) is 40.1. The van der Waals surface area contributed by atoms with E-state index in [4.69, 9.17) is 21.1 Å². The molecule has 3 amide bonds. The fraction of sp³-hybridized carbons (Fsp3) is 0.404. The van der Waals surface area contributed by atoms with Crippen molar-refractivity contribution in [3.05, 3.63) is 166 Å². The van der Waals surface area contributed by atoms with Crippen molar-refractivity contribution >= 4 is 35.5 Å². The molecular formula is C57H64ClN3O6. The number of benzene rings is 5. The number of hydrogen-bond acceptors (Lipinski definition) is 6. The van der Waals surface area contributed by atoms with E-state index < -0.39 is 42.1 Å². The van der Waals surface area contributed by atoms with Gasteiger partial charge in [-0.15, -0.1) is 0 Å². The van der Waals surface area contributed by atoms with Crippen molar-refractivity contribution < 1.29 is 28.7 Å². The van der Waals surface area contributed by atoms with Crippen LogP contribution in [0.2, 0.25) is 5.02 Å². The van der Waals surface area contributed by atoms with E-state index in [0.29, 0.717) is 40.7 Å². The van der Waals surface area contributed by atoms with E-state index in [1.807, 2.05) is 98.8 Å². The Morgan fingerprint density at radius 3 is 1.84 bits per heavy atom. The Labute approximate surface area is 401 Å². The number of piperidine rings is 1. The third-order valence-corrected chi connectivity index (χ3v) is 14.7. The molecule has 2 aliphatic carbocycles. The lowest BCUT2D eigenvalue weighted by Crippen LogP contribution is -2.57. The summed E-state index contributed by atoms with van der Waals surface area (Å²) in [6, 6.07) is 39.4. The molecule has 1 saturated heterocycles. The predicted octanol–water partition coefficient (Wildman–Crippen LogP) is 11.7. The lowest BCUT2D eigenvalue weighted by Gasteiger charge is -2.39. The van der Waals surface area contributed by atoms with Crippen molar-refractivity contribution in [1.82, 2.24) is 14.7 Å². The first-order valence-corrected chi connectivity index (χ1v) is 24.6. The van der Waals surface area contributed by atoms with E-state index in [9.17, 15) is 14.4 Å². The number of carbonyl (C=O) groups excluding carboxylic acids is 4. The van der Waals surface area contributed by atoms with E-state index in [1.54, 1.807) is 25.1 Å². The average Bonchev–Trinajstić information content (AvgIpc) is 3.45. The predicted molar refractivity (Wildman–Crippen MR) is 264 cm³/mol. The first kappa shape index (κ1) is 47.6. The molecule has 0 N–H and O–H groups in total. The number of ether oxygens (including phenoxy) is 2. The minimum absolute atomic E-state index is 0.0891. The molecule has 2 fully saturated rings. The number of hydrogen-bond donors (Lipinski definition) is 0. The third-order valence-electron chi connectivity index (χ3n) is 14.4. The van der Waals surface area contributed by atoms with Crippen LogP contribution in [0.5, 0.6) is 0 Å². The molecule has 8 rings (SSSR count). The maximum absolute atomic E-state index is 15.0. The molecule has 0 bridgehead atoms. The second kappa shape index (κ2) is 21.4. The van der Waals surface area contributed by atoms with E-state index in [2.05, 4.69) is 36.4 Å². The smallest absolute Gasteiger partial charge is 0.410 e. The third kappa shape index (κ3) is 10.0. The Bertz CT molecular complexity index is 2470. The molecule has 5 aromatic rings. The van der Waals surface area contributed by atoms with E-state index in [-0.39, 0.29) is 24.3 Å². The standard InChI is InChI=1S/C57H64ClN3O6/c1-39(2)53(60(4)56(65)66-38-48-46-27-15-13-25-44(46)45-26-14-16-28-47(45)48)55(64)59(3)51(54(63)61-35-19-8-20-36-61)37-52(62)67-57(42-23-11-7-12-24-42,49-29-17-18-30-50(49)58)43-33-31-41(32-34-43)40-21-9-5-6-10-22-40/h7,11-18,23-34,39-40,48,51,53H,5-6,8-10,19-22,35-38H2,1-4H3/t51?,53-,57?/m0/s1. The van der Waals surface area contributed by atoms with Gasteiger partial charge in [0.1, 0.15) is 18.7 Å². The van der Waals surface area contributed by atoms with Crippen LogP contribution in [0.1, 0.15) is 123 Å². The van der Waals surface area contributed by atoms with Crippen LogP contribution in [0.4, 0.5) is 4.79 Å². The number of carbonyl (C=O) groups is 4. The molecule has 10 heteroatoms. The summed E-state index contributed by atoms with van der Waals surface area (Å²) >= 11 is 7.09. The largest absolute Gasteiger partial charge is 0.448 e. The molecule has 9 nitrogen and oxygen atoms in total. The minimum atomic E-state index is -1.51. The Morgan fingerprint density at radius 2 is 1.22 bits per heavy atom. The molecule has 2 unspecified atom stereocenters. The summed E-state index contributed by atoms with van der Waals surface area (Å²) in [6.45, 7) is 4.84. The van der Waals surface area contributed by atoms with Crippen molar-refractivity contribution in [1.29, 1.82) is 0 Å². The summed E-state index contributed by atoms with van der Waals surface area (Å²) in [5, 5.41) is 0.413. The van der Waals surface area contributed by atoms with Gasteiger partial charge >= 0.3 is 12.1 Å². The van der Waals surface area contributed by atoms with Crippen LogP contribution in [0.25, 0.3) is 11.1 Å². The van der Waals surface area contributed by atoms with Crippen LogP contribution in [0.3, 0.4) is 0 Å². The summed E-state index contributed by atoms with van der Waals surface area (Å²) in [5.74, 6) is -1.58. The van der Waals surface area contributed by atoms with Crippen LogP contribution in [0.15, 0.2) is 127 Å². The van der Waals surface area contributed by atoms with Gasteiger partial charge in [-0.05, 0) is 77.8 Å². The van der Waals surface area contributed by atoms with Crippen molar-refractivity contribution in [2.45, 2.75) is 108 Å². The fourth-order valence-corrected chi connectivity index (χ4v) is 11.1. The van der Waals surface area contributed by atoms with Gasteiger partial charge < -0.3 is 19.3 Å². The maximum Gasteiger partial charge on any atom is 0.410 e. The van der Waals surface area contributed by atoms with E-state index in [1.165, 1.54) is 41.0 Å². The first-order chi connectivity index (χ1) is 32.5. The number of nitrogens with zero attached hydrogens (tertiary/aromatic N) is 3. The molecule has 350 valence electrons. The number of fused-ring (bicyclic) bond motifs is 3. The molecule has 67 heavy (non-hydrogen) atoms. The summed E-state index contributed by atoms with van der Waals surface area (Å²) in [7, 11) is 3.11. The normalized spacial score (nSPS) is 17.0. The highest BCUT2D eigenvalue weighted by atomic mass is 35.5. The van der Waals surface area contributed by atoms with Crippen molar-refractivity contribution in [2.24, 2.45) is 5.92 Å². The quantitative estimate of drug-likeness (QED) is 0.0625. The number of likely N-dealkylation sites (N-methyl/N-ethyl adjacent to an activating group) is 2.